The highest BCUT2D eigenvalue weighted by Gasteiger charge is 2.36. The number of hydrogen-bond acceptors (Lipinski definition) is 2. The molecule has 118 valence electrons. The number of halogens is 1. The fourth-order valence-electron chi connectivity index (χ4n) is 3.87. The number of rotatable bonds is 1. The molecule has 0 aliphatic carbocycles. The largest absolute Gasteiger partial charge is 0.338 e. The standard InChI is InChI=1S/C18H17BrN2O2/c19-15-5-2-1-4-14(15)18(23)20-9-12-8-13(11-20)16-6-3-7-17(22)21(16)10-12/h1-7,12-13H,8-11H2. The third kappa shape index (κ3) is 2.53. The van der Waals surface area contributed by atoms with E-state index in [1.807, 2.05) is 45.9 Å². The molecule has 2 unspecified atom stereocenters. The van der Waals surface area contributed by atoms with E-state index in [9.17, 15) is 9.59 Å². The molecule has 2 aliphatic heterocycles. The summed E-state index contributed by atoms with van der Waals surface area (Å²) in [5.41, 5.74) is 1.85. The predicted octanol–water partition coefficient (Wildman–Crippen LogP) is 2.87. The Hall–Kier alpha value is -1.88. The molecule has 1 aromatic carbocycles. The molecular weight excluding hydrogens is 356 g/mol. The van der Waals surface area contributed by atoms with Gasteiger partial charge in [-0.15, -0.1) is 0 Å². The third-order valence-corrected chi connectivity index (χ3v) is 5.56. The van der Waals surface area contributed by atoms with Crippen LogP contribution in [-0.4, -0.2) is 28.5 Å². The van der Waals surface area contributed by atoms with Crippen LogP contribution in [0.2, 0.25) is 0 Å². The van der Waals surface area contributed by atoms with Crippen molar-refractivity contribution in [1.82, 2.24) is 9.47 Å². The van der Waals surface area contributed by atoms with Crippen LogP contribution < -0.4 is 5.56 Å². The molecule has 2 aliphatic rings. The number of hydrogen-bond donors (Lipinski definition) is 0. The molecule has 0 spiro atoms. The number of likely N-dealkylation sites (tertiary alicyclic amines) is 1. The quantitative estimate of drug-likeness (QED) is 0.772. The minimum absolute atomic E-state index is 0.0684. The minimum Gasteiger partial charge on any atom is -0.338 e. The lowest BCUT2D eigenvalue weighted by Gasteiger charge is -2.42. The van der Waals surface area contributed by atoms with E-state index in [2.05, 4.69) is 15.9 Å². The zero-order valence-corrected chi connectivity index (χ0v) is 14.2. The van der Waals surface area contributed by atoms with Gasteiger partial charge in [0.2, 0.25) is 0 Å². The summed E-state index contributed by atoms with van der Waals surface area (Å²) in [6.07, 6.45) is 1.06. The molecule has 0 N–H and O–H groups in total. The summed E-state index contributed by atoms with van der Waals surface area (Å²) in [6.45, 7) is 2.11. The number of amides is 1. The van der Waals surface area contributed by atoms with Gasteiger partial charge < -0.3 is 9.47 Å². The lowest BCUT2D eigenvalue weighted by atomic mass is 9.83. The van der Waals surface area contributed by atoms with Crippen LogP contribution in [0.25, 0.3) is 0 Å². The number of fused-ring (bicyclic) bond motifs is 4. The number of nitrogens with zero attached hydrogens (tertiary/aromatic N) is 2. The fourth-order valence-corrected chi connectivity index (χ4v) is 4.32. The van der Waals surface area contributed by atoms with Crippen molar-refractivity contribution in [1.29, 1.82) is 0 Å². The molecule has 4 rings (SSSR count). The van der Waals surface area contributed by atoms with Crippen LogP contribution in [0.4, 0.5) is 0 Å². The van der Waals surface area contributed by atoms with Crippen molar-refractivity contribution in [3.63, 3.8) is 0 Å². The number of benzene rings is 1. The molecule has 3 heterocycles. The maximum Gasteiger partial charge on any atom is 0.255 e. The number of carbonyl (C=O) groups excluding carboxylic acids is 1. The van der Waals surface area contributed by atoms with Gasteiger partial charge in [0.25, 0.3) is 11.5 Å². The highest BCUT2D eigenvalue weighted by atomic mass is 79.9. The second-order valence-corrected chi connectivity index (χ2v) is 7.24. The van der Waals surface area contributed by atoms with Gasteiger partial charge >= 0.3 is 0 Å². The van der Waals surface area contributed by atoms with E-state index >= 15 is 0 Å². The summed E-state index contributed by atoms with van der Waals surface area (Å²) in [6, 6.07) is 13.0. The van der Waals surface area contributed by atoms with Crippen molar-refractivity contribution in [2.24, 2.45) is 5.92 Å². The van der Waals surface area contributed by atoms with E-state index < -0.39 is 0 Å². The number of piperidine rings is 1. The molecule has 4 nitrogen and oxygen atoms in total. The first-order chi connectivity index (χ1) is 11.1. The maximum atomic E-state index is 12.9. The van der Waals surface area contributed by atoms with Crippen LogP contribution in [0.1, 0.15) is 28.4 Å². The van der Waals surface area contributed by atoms with E-state index in [-0.39, 0.29) is 17.4 Å². The zero-order valence-electron chi connectivity index (χ0n) is 12.6. The smallest absolute Gasteiger partial charge is 0.255 e. The number of carbonyl (C=O) groups is 1. The summed E-state index contributed by atoms with van der Waals surface area (Å²) in [7, 11) is 0. The van der Waals surface area contributed by atoms with Crippen LogP contribution in [0.15, 0.2) is 51.7 Å². The first kappa shape index (κ1) is 14.7. The number of pyridine rings is 1. The molecule has 0 saturated carbocycles. The third-order valence-electron chi connectivity index (χ3n) is 4.87. The second-order valence-electron chi connectivity index (χ2n) is 6.39. The Balaban J connectivity index is 1.65. The average Bonchev–Trinajstić information content (AvgIpc) is 2.55. The van der Waals surface area contributed by atoms with Gasteiger partial charge in [-0.3, -0.25) is 9.59 Å². The van der Waals surface area contributed by atoms with Gasteiger partial charge in [0.1, 0.15) is 0 Å². The Kier molecular flexibility index (Phi) is 3.60. The molecule has 1 fully saturated rings. The first-order valence-electron chi connectivity index (χ1n) is 7.87. The Bertz CT molecular complexity index is 830. The summed E-state index contributed by atoms with van der Waals surface area (Å²) >= 11 is 3.47. The Labute approximate surface area is 142 Å². The van der Waals surface area contributed by atoms with Crippen molar-refractivity contribution < 1.29 is 4.79 Å². The van der Waals surface area contributed by atoms with E-state index in [1.54, 1.807) is 6.07 Å². The van der Waals surface area contributed by atoms with Crippen molar-refractivity contribution in [3.05, 3.63) is 68.5 Å². The van der Waals surface area contributed by atoms with Gasteiger partial charge in [-0.25, -0.2) is 0 Å². The van der Waals surface area contributed by atoms with Crippen LogP contribution in [0, 0.1) is 5.92 Å². The zero-order chi connectivity index (χ0) is 16.0. The Morgan fingerprint density at radius 1 is 1.04 bits per heavy atom. The number of aromatic nitrogens is 1. The van der Waals surface area contributed by atoms with E-state index in [0.717, 1.165) is 23.1 Å². The van der Waals surface area contributed by atoms with Gasteiger partial charge in [0, 0.05) is 41.8 Å². The van der Waals surface area contributed by atoms with Crippen molar-refractivity contribution >= 4 is 21.8 Å². The van der Waals surface area contributed by atoms with Gasteiger partial charge in [0.15, 0.2) is 0 Å². The molecule has 23 heavy (non-hydrogen) atoms. The van der Waals surface area contributed by atoms with E-state index in [1.165, 1.54) is 0 Å². The molecule has 5 heteroatoms. The molecular formula is C18H17BrN2O2. The highest BCUT2D eigenvalue weighted by Crippen LogP contribution is 2.35. The van der Waals surface area contributed by atoms with Gasteiger partial charge in [-0.1, -0.05) is 18.2 Å². The molecule has 2 bridgehead atoms. The van der Waals surface area contributed by atoms with Crippen molar-refractivity contribution in [3.8, 4) is 0 Å². The summed E-state index contributed by atoms with van der Waals surface area (Å²) in [4.78, 5) is 26.9. The van der Waals surface area contributed by atoms with E-state index in [4.69, 9.17) is 0 Å². The lowest BCUT2D eigenvalue weighted by molar-refractivity contribution is 0.0593. The van der Waals surface area contributed by atoms with Crippen LogP contribution in [0.3, 0.4) is 0 Å². The second kappa shape index (κ2) is 5.64. The summed E-state index contributed by atoms with van der Waals surface area (Å²) in [5.74, 6) is 0.675. The van der Waals surface area contributed by atoms with Gasteiger partial charge in [-0.2, -0.15) is 0 Å². The van der Waals surface area contributed by atoms with Crippen LogP contribution in [0.5, 0.6) is 0 Å². The SMILES string of the molecule is O=C(c1ccccc1Br)N1CC2CC(C1)c1cccc(=O)n1C2. The molecule has 1 amide bonds. The van der Waals surface area contributed by atoms with Crippen LogP contribution >= 0.6 is 15.9 Å². The Morgan fingerprint density at radius 3 is 2.70 bits per heavy atom. The predicted molar refractivity (Wildman–Crippen MR) is 91.6 cm³/mol. The average molecular weight is 373 g/mol. The monoisotopic (exact) mass is 372 g/mol. The van der Waals surface area contributed by atoms with E-state index in [0.29, 0.717) is 24.6 Å². The molecule has 2 aromatic rings. The normalized spacial score (nSPS) is 22.6. The van der Waals surface area contributed by atoms with Crippen molar-refractivity contribution in [2.75, 3.05) is 13.1 Å². The molecule has 1 saturated heterocycles. The summed E-state index contributed by atoms with van der Waals surface area (Å²) in [5, 5.41) is 0. The van der Waals surface area contributed by atoms with Crippen LogP contribution in [-0.2, 0) is 6.54 Å². The molecule has 1 aromatic heterocycles. The Morgan fingerprint density at radius 2 is 1.87 bits per heavy atom. The lowest BCUT2D eigenvalue weighted by Crippen LogP contribution is -2.49. The highest BCUT2D eigenvalue weighted by molar-refractivity contribution is 9.10. The van der Waals surface area contributed by atoms with Crippen molar-refractivity contribution in [2.45, 2.75) is 18.9 Å². The summed E-state index contributed by atoms with van der Waals surface area (Å²) < 4.78 is 2.72. The topological polar surface area (TPSA) is 42.3 Å². The first-order valence-corrected chi connectivity index (χ1v) is 8.66. The maximum absolute atomic E-state index is 12.9. The molecule has 0 radical (unpaired) electrons. The molecule has 2 atom stereocenters. The van der Waals surface area contributed by atoms with Gasteiger partial charge in [0.05, 0.1) is 5.56 Å². The fraction of sp³-hybridized carbons (Fsp3) is 0.333. The minimum atomic E-state index is 0.0684. The van der Waals surface area contributed by atoms with Gasteiger partial charge in [-0.05, 0) is 46.5 Å².